The van der Waals surface area contributed by atoms with Crippen molar-refractivity contribution >= 4 is 28.4 Å². The average molecular weight is 532 g/mol. The Bertz CT molecular complexity index is 1440. The van der Waals surface area contributed by atoms with Crippen LogP contribution in [0.2, 0.25) is 0 Å². The van der Waals surface area contributed by atoms with Gasteiger partial charge in [-0.3, -0.25) is 10.4 Å². The largest absolute Gasteiger partial charge is 0.493 e. The van der Waals surface area contributed by atoms with Crippen LogP contribution in [0.25, 0.3) is 10.9 Å². The zero-order chi connectivity index (χ0) is 27.3. The number of nitrogens with zero attached hydrogens (tertiary/aromatic N) is 3. The fourth-order valence-electron chi connectivity index (χ4n) is 3.45. The van der Waals surface area contributed by atoms with Crippen LogP contribution in [-0.4, -0.2) is 53.6 Å². The summed E-state index contributed by atoms with van der Waals surface area (Å²) in [6.45, 7) is 1.92. The minimum absolute atomic E-state index is 0.172. The summed E-state index contributed by atoms with van der Waals surface area (Å²) in [5.74, 6) is 1.32. The third-order valence-electron chi connectivity index (χ3n) is 5.25. The minimum Gasteiger partial charge on any atom is -0.493 e. The molecule has 0 fully saturated rings. The molecular formula is C24H23F3N6O5. The van der Waals surface area contributed by atoms with Crippen LogP contribution in [0.5, 0.6) is 23.1 Å². The van der Waals surface area contributed by atoms with E-state index in [4.69, 9.17) is 18.9 Å². The molecule has 0 aliphatic rings. The number of benzene rings is 2. The molecule has 0 aliphatic heterocycles. The Hall–Kier alpha value is -4.59. The van der Waals surface area contributed by atoms with Crippen LogP contribution >= 0.6 is 0 Å². The van der Waals surface area contributed by atoms with Crippen LogP contribution < -0.4 is 24.8 Å². The van der Waals surface area contributed by atoms with Gasteiger partial charge in [0.2, 0.25) is 5.88 Å². The van der Waals surface area contributed by atoms with Gasteiger partial charge in [0.25, 0.3) is 0 Å². The van der Waals surface area contributed by atoms with E-state index in [1.54, 1.807) is 37.4 Å². The molecule has 14 heteroatoms. The molecule has 0 spiro atoms. The van der Waals surface area contributed by atoms with Gasteiger partial charge in [-0.2, -0.15) is 18.3 Å². The number of nitrogens with one attached hydrogen (secondary N) is 3. The van der Waals surface area contributed by atoms with E-state index in [2.05, 4.69) is 30.8 Å². The number of carbonyl (C=O) groups excluding carboxylic acids is 1. The number of halogens is 3. The Morgan fingerprint density at radius 2 is 1.87 bits per heavy atom. The first kappa shape index (κ1) is 26.5. The molecule has 4 rings (SSSR count). The second-order valence-corrected chi connectivity index (χ2v) is 7.82. The Morgan fingerprint density at radius 1 is 1.05 bits per heavy atom. The molecule has 11 nitrogen and oxygen atoms in total. The van der Waals surface area contributed by atoms with Crippen molar-refractivity contribution in [3.63, 3.8) is 0 Å². The number of carbonyl (C=O) groups is 1. The van der Waals surface area contributed by atoms with Gasteiger partial charge in [0.15, 0.2) is 17.2 Å². The number of urea groups is 1. The van der Waals surface area contributed by atoms with Gasteiger partial charge in [-0.1, -0.05) is 6.07 Å². The molecule has 3 N–H and O–H groups in total. The lowest BCUT2D eigenvalue weighted by atomic mass is 10.2. The molecule has 2 aromatic carbocycles. The molecule has 0 aliphatic carbocycles. The predicted octanol–water partition coefficient (Wildman–Crippen LogP) is 5.15. The average Bonchev–Trinajstić information content (AvgIpc) is 3.24. The SMILES string of the molecule is COCCOc1cc2ncnc(Oc3cccc(NC(=O)Nc4[nH]nc(C(F)(F)F)c4C)c3)c2cc1OC. The van der Waals surface area contributed by atoms with E-state index in [0.717, 1.165) is 0 Å². The maximum Gasteiger partial charge on any atom is 0.435 e. The third-order valence-corrected chi connectivity index (χ3v) is 5.25. The summed E-state index contributed by atoms with van der Waals surface area (Å²) in [5.41, 5.74) is -0.475. The van der Waals surface area contributed by atoms with Crippen molar-refractivity contribution in [2.75, 3.05) is 38.1 Å². The topological polar surface area (TPSA) is 133 Å². The number of rotatable bonds is 9. The first-order valence-electron chi connectivity index (χ1n) is 11.1. The van der Waals surface area contributed by atoms with E-state index >= 15 is 0 Å². The van der Waals surface area contributed by atoms with Crippen molar-refractivity contribution in [2.24, 2.45) is 0 Å². The number of amides is 2. The lowest BCUT2D eigenvalue weighted by molar-refractivity contribution is -0.141. The molecule has 0 bridgehead atoms. The number of aromatic amines is 1. The number of ether oxygens (including phenoxy) is 4. The van der Waals surface area contributed by atoms with Gasteiger partial charge in [0.05, 0.1) is 24.6 Å². The van der Waals surface area contributed by atoms with E-state index in [1.807, 2.05) is 0 Å². The first-order valence-corrected chi connectivity index (χ1v) is 11.1. The van der Waals surface area contributed by atoms with Gasteiger partial charge >= 0.3 is 12.2 Å². The summed E-state index contributed by atoms with van der Waals surface area (Å²) in [6.07, 6.45) is -3.31. The van der Waals surface area contributed by atoms with Gasteiger partial charge in [-0.25, -0.2) is 14.8 Å². The zero-order valence-corrected chi connectivity index (χ0v) is 20.5. The number of alkyl halides is 3. The highest BCUT2D eigenvalue weighted by Gasteiger charge is 2.36. The van der Waals surface area contributed by atoms with Crippen LogP contribution in [0.15, 0.2) is 42.7 Å². The molecule has 0 atom stereocenters. The van der Waals surface area contributed by atoms with Crippen molar-refractivity contribution < 1.29 is 36.9 Å². The fraction of sp³-hybridized carbons (Fsp3) is 0.250. The molecule has 2 amide bonds. The molecule has 200 valence electrons. The molecule has 38 heavy (non-hydrogen) atoms. The van der Waals surface area contributed by atoms with Crippen molar-refractivity contribution in [3.05, 3.63) is 54.0 Å². The molecule has 4 aromatic rings. The first-order chi connectivity index (χ1) is 18.2. The fourth-order valence-corrected chi connectivity index (χ4v) is 3.45. The summed E-state index contributed by atoms with van der Waals surface area (Å²) in [7, 11) is 3.08. The van der Waals surface area contributed by atoms with E-state index < -0.39 is 17.9 Å². The second-order valence-electron chi connectivity index (χ2n) is 7.82. The van der Waals surface area contributed by atoms with Crippen LogP contribution in [0.3, 0.4) is 0 Å². The number of fused-ring (bicyclic) bond motifs is 1. The summed E-state index contributed by atoms with van der Waals surface area (Å²) >= 11 is 0. The number of hydrogen-bond donors (Lipinski definition) is 3. The highest BCUT2D eigenvalue weighted by Crippen LogP contribution is 2.36. The van der Waals surface area contributed by atoms with Crippen molar-refractivity contribution in [1.82, 2.24) is 20.2 Å². The maximum atomic E-state index is 12.9. The normalized spacial score (nSPS) is 11.3. The number of hydrogen-bond acceptors (Lipinski definition) is 8. The van der Waals surface area contributed by atoms with Crippen LogP contribution in [-0.2, 0) is 10.9 Å². The van der Waals surface area contributed by atoms with E-state index in [-0.39, 0.29) is 17.3 Å². The highest BCUT2D eigenvalue weighted by atomic mass is 19.4. The Morgan fingerprint density at radius 3 is 2.58 bits per heavy atom. The molecule has 2 heterocycles. The standard InChI is InChI=1S/C24H23F3N6O5/c1-13-20(24(25,26)27)32-33-21(13)31-23(34)30-14-5-4-6-15(9-14)38-22-16-10-18(36-3)19(37-8-7-35-2)11-17(16)28-12-29-22/h4-6,9-12H,7-8H2,1-3H3,(H3,30,31,32,33,34). The smallest absolute Gasteiger partial charge is 0.435 e. The summed E-state index contributed by atoms with van der Waals surface area (Å²) < 4.78 is 60.9. The Labute approximate surface area is 214 Å². The quantitative estimate of drug-likeness (QED) is 0.252. The maximum absolute atomic E-state index is 12.9. The van der Waals surface area contributed by atoms with E-state index in [1.165, 1.54) is 26.4 Å². The second kappa shape index (κ2) is 11.2. The summed E-state index contributed by atoms with van der Waals surface area (Å²) in [4.78, 5) is 20.9. The summed E-state index contributed by atoms with van der Waals surface area (Å²) in [5, 5.41) is 10.8. The van der Waals surface area contributed by atoms with Gasteiger partial charge in [0.1, 0.15) is 24.5 Å². The zero-order valence-electron chi connectivity index (χ0n) is 20.5. The summed E-state index contributed by atoms with van der Waals surface area (Å²) in [6, 6.07) is 8.98. The number of H-pyrrole nitrogens is 1. The molecule has 2 aromatic heterocycles. The lowest BCUT2D eigenvalue weighted by Crippen LogP contribution is -2.20. The molecular weight excluding hydrogens is 509 g/mol. The van der Waals surface area contributed by atoms with E-state index in [9.17, 15) is 18.0 Å². The number of anilines is 2. The van der Waals surface area contributed by atoms with Gasteiger partial charge in [0, 0.05) is 30.5 Å². The molecule has 0 saturated carbocycles. The molecule has 0 radical (unpaired) electrons. The van der Waals surface area contributed by atoms with Crippen molar-refractivity contribution in [2.45, 2.75) is 13.1 Å². The van der Waals surface area contributed by atoms with Crippen molar-refractivity contribution in [3.8, 4) is 23.1 Å². The molecule has 0 saturated heterocycles. The number of methoxy groups -OCH3 is 2. The van der Waals surface area contributed by atoms with Crippen LogP contribution in [0.4, 0.5) is 29.5 Å². The predicted molar refractivity (Wildman–Crippen MR) is 131 cm³/mol. The molecule has 0 unspecified atom stereocenters. The van der Waals surface area contributed by atoms with Crippen molar-refractivity contribution in [1.29, 1.82) is 0 Å². The van der Waals surface area contributed by atoms with Gasteiger partial charge in [-0.15, -0.1) is 0 Å². The van der Waals surface area contributed by atoms with Crippen LogP contribution in [0.1, 0.15) is 11.3 Å². The lowest BCUT2D eigenvalue weighted by Gasteiger charge is -2.13. The van der Waals surface area contributed by atoms with Gasteiger partial charge in [-0.05, 0) is 25.1 Å². The van der Waals surface area contributed by atoms with Crippen LogP contribution in [0, 0.1) is 6.92 Å². The third kappa shape index (κ3) is 6.03. The Kier molecular flexibility index (Phi) is 7.81. The van der Waals surface area contributed by atoms with Gasteiger partial charge < -0.3 is 24.3 Å². The minimum atomic E-state index is -4.64. The Balaban J connectivity index is 1.50. The monoisotopic (exact) mass is 532 g/mol. The van der Waals surface area contributed by atoms with E-state index in [0.29, 0.717) is 47.1 Å². The number of aromatic nitrogens is 4. The highest BCUT2D eigenvalue weighted by molar-refractivity contribution is 5.99.